The SMILES string of the molecule is O=C(CCc1ccc(S(=O)(=O)N2CCCC2)cc1)Nc1ccc(-c2nc3ccccc3[nH]2)cc1. The van der Waals surface area contributed by atoms with Crippen LogP contribution in [-0.4, -0.2) is 41.7 Å². The van der Waals surface area contributed by atoms with E-state index in [-0.39, 0.29) is 5.91 Å². The van der Waals surface area contributed by atoms with Crippen LogP contribution in [0.4, 0.5) is 5.69 Å². The van der Waals surface area contributed by atoms with Crippen molar-refractivity contribution in [3.05, 3.63) is 78.4 Å². The molecule has 7 nitrogen and oxygen atoms in total. The standard InChI is InChI=1S/C26H26N4O3S/c31-25(16-9-19-7-14-22(15-8-19)34(32,33)30-17-3-4-18-30)27-21-12-10-20(11-13-21)26-28-23-5-1-2-6-24(23)29-26/h1-2,5-8,10-15H,3-4,9,16-18H2,(H,27,31)(H,28,29). The molecule has 1 amide bonds. The molecule has 2 heterocycles. The first-order valence-corrected chi connectivity index (χ1v) is 12.9. The summed E-state index contributed by atoms with van der Waals surface area (Å²) in [4.78, 5) is 20.6. The predicted octanol–water partition coefficient (Wildman–Crippen LogP) is 4.59. The minimum absolute atomic E-state index is 0.0924. The van der Waals surface area contributed by atoms with E-state index in [9.17, 15) is 13.2 Å². The van der Waals surface area contributed by atoms with E-state index in [1.165, 1.54) is 4.31 Å². The number of carbonyl (C=O) groups excluding carboxylic acids is 1. The zero-order valence-corrected chi connectivity index (χ0v) is 19.5. The minimum atomic E-state index is -3.41. The van der Waals surface area contributed by atoms with Gasteiger partial charge in [-0.2, -0.15) is 4.31 Å². The topological polar surface area (TPSA) is 95.2 Å². The van der Waals surface area contributed by atoms with E-state index in [4.69, 9.17) is 0 Å². The molecule has 0 spiro atoms. The molecule has 5 rings (SSSR count). The molecule has 34 heavy (non-hydrogen) atoms. The summed E-state index contributed by atoms with van der Waals surface area (Å²) < 4.78 is 26.8. The van der Waals surface area contributed by atoms with Gasteiger partial charge in [0.15, 0.2) is 0 Å². The fraction of sp³-hybridized carbons (Fsp3) is 0.231. The van der Waals surface area contributed by atoms with Crippen LogP contribution in [0.3, 0.4) is 0 Å². The monoisotopic (exact) mass is 474 g/mol. The zero-order chi connectivity index (χ0) is 23.5. The number of carbonyl (C=O) groups is 1. The molecule has 3 aromatic carbocycles. The number of anilines is 1. The Hall–Kier alpha value is -3.49. The lowest BCUT2D eigenvalue weighted by atomic mass is 10.1. The summed E-state index contributed by atoms with van der Waals surface area (Å²) in [6, 6.07) is 22.3. The molecule has 8 heteroatoms. The Morgan fingerprint density at radius 1 is 0.941 bits per heavy atom. The summed E-state index contributed by atoms with van der Waals surface area (Å²) in [5, 5.41) is 2.92. The van der Waals surface area contributed by atoms with Gasteiger partial charge in [-0.3, -0.25) is 4.79 Å². The van der Waals surface area contributed by atoms with Crippen LogP contribution in [0.25, 0.3) is 22.4 Å². The Bertz CT molecular complexity index is 1370. The lowest BCUT2D eigenvalue weighted by Crippen LogP contribution is -2.27. The quantitative estimate of drug-likeness (QED) is 0.410. The lowest BCUT2D eigenvalue weighted by Gasteiger charge is -2.15. The van der Waals surface area contributed by atoms with Crippen LogP contribution in [0.5, 0.6) is 0 Å². The molecule has 1 aliphatic rings. The number of nitrogens with zero attached hydrogens (tertiary/aromatic N) is 2. The van der Waals surface area contributed by atoms with E-state index in [0.29, 0.717) is 30.8 Å². The van der Waals surface area contributed by atoms with Gasteiger partial charge in [-0.1, -0.05) is 24.3 Å². The molecule has 0 bridgehead atoms. The van der Waals surface area contributed by atoms with Gasteiger partial charge in [-0.05, 0) is 73.4 Å². The van der Waals surface area contributed by atoms with Gasteiger partial charge in [-0.25, -0.2) is 13.4 Å². The first-order valence-electron chi connectivity index (χ1n) is 11.4. The van der Waals surface area contributed by atoms with Gasteiger partial charge in [0.2, 0.25) is 15.9 Å². The molecule has 0 saturated carbocycles. The number of aromatic nitrogens is 2. The van der Waals surface area contributed by atoms with Crippen LogP contribution in [0.15, 0.2) is 77.7 Å². The van der Waals surface area contributed by atoms with Crippen molar-refractivity contribution in [2.24, 2.45) is 0 Å². The highest BCUT2D eigenvalue weighted by atomic mass is 32.2. The normalized spacial score (nSPS) is 14.5. The Kier molecular flexibility index (Phi) is 6.17. The summed E-state index contributed by atoms with van der Waals surface area (Å²) in [6.07, 6.45) is 2.67. The van der Waals surface area contributed by atoms with Crippen molar-refractivity contribution in [1.29, 1.82) is 0 Å². The van der Waals surface area contributed by atoms with E-state index in [2.05, 4.69) is 15.3 Å². The van der Waals surface area contributed by atoms with Gasteiger partial charge >= 0.3 is 0 Å². The minimum Gasteiger partial charge on any atom is -0.338 e. The van der Waals surface area contributed by atoms with E-state index >= 15 is 0 Å². The second-order valence-corrected chi connectivity index (χ2v) is 10.4. The summed E-state index contributed by atoms with van der Waals surface area (Å²) in [7, 11) is -3.41. The predicted molar refractivity (Wildman–Crippen MR) is 133 cm³/mol. The van der Waals surface area contributed by atoms with E-state index in [0.717, 1.165) is 46.5 Å². The Balaban J connectivity index is 1.16. The molecule has 0 radical (unpaired) electrons. The number of rotatable bonds is 7. The molecule has 174 valence electrons. The lowest BCUT2D eigenvalue weighted by molar-refractivity contribution is -0.116. The number of fused-ring (bicyclic) bond motifs is 1. The van der Waals surface area contributed by atoms with E-state index in [1.54, 1.807) is 24.3 Å². The fourth-order valence-electron chi connectivity index (χ4n) is 4.19. The van der Waals surface area contributed by atoms with Crippen molar-refractivity contribution < 1.29 is 13.2 Å². The summed E-state index contributed by atoms with van der Waals surface area (Å²) in [6.45, 7) is 1.17. The molecule has 1 saturated heterocycles. The highest BCUT2D eigenvalue weighted by Crippen LogP contribution is 2.23. The van der Waals surface area contributed by atoms with Gasteiger partial charge in [0.05, 0.1) is 15.9 Å². The van der Waals surface area contributed by atoms with Gasteiger partial charge in [-0.15, -0.1) is 0 Å². The van der Waals surface area contributed by atoms with Crippen molar-refractivity contribution in [1.82, 2.24) is 14.3 Å². The van der Waals surface area contributed by atoms with Crippen LogP contribution in [0.1, 0.15) is 24.8 Å². The maximum absolute atomic E-state index is 12.6. The number of aromatic amines is 1. The average molecular weight is 475 g/mol. The Labute approximate surface area is 198 Å². The molecule has 0 unspecified atom stereocenters. The van der Waals surface area contributed by atoms with E-state index in [1.807, 2.05) is 48.5 Å². The summed E-state index contributed by atoms with van der Waals surface area (Å²) in [5.41, 5.74) is 4.49. The molecule has 1 aromatic heterocycles. The van der Waals surface area contributed by atoms with Gasteiger partial charge < -0.3 is 10.3 Å². The maximum atomic E-state index is 12.6. The smallest absolute Gasteiger partial charge is 0.243 e. The number of imidazole rings is 1. The molecule has 0 aliphatic carbocycles. The van der Waals surface area contributed by atoms with Crippen molar-refractivity contribution >= 4 is 32.7 Å². The number of amides is 1. The molecule has 0 atom stereocenters. The largest absolute Gasteiger partial charge is 0.338 e. The highest BCUT2D eigenvalue weighted by Gasteiger charge is 2.26. The van der Waals surface area contributed by atoms with E-state index < -0.39 is 10.0 Å². The number of H-pyrrole nitrogens is 1. The number of benzene rings is 3. The average Bonchev–Trinajstić information content (AvgIpc) is 3.54. The number of sulfonamides is 1. The van der Waals surface area contributed by atoms with Crippen molar-refractivity contribution in [3.8, 4) is 11.4 Å². The van der Waals surface area contributed by atoms with Crippen molar-refractivity contribution in [3.63, 3.8) is 0 Å². The Morgan fingerprint density at radius 3 is 2.35 bits per heavy atom. The van der Waals surface area contributed by atoms with Crippen molar-refractivity contribution in [2.45, 2.75) is 30.6 Å². The summed E-state index contributed by atoms with van der Waals surface area (Å²) >= 11 is 0. The van der Waals surface area contributed by atoms with Crippen molar-refractivity contribution in [2.75, 3.05) is 18.4 Å². The second-order valence-electron chi connectivity index (χ2n) is 8.48. The molecular weight excluding hydrogens is 448 g/mol. The van der Waals surface area contributed by atoms with Crippen LogP contribution in [0, 0.1) is 0 Å². The van der Waals surface area contributed by atoms with Crippen LogP contribution >= 0.6 is 0 Å². The van der Waals surface area contributed by atoms with Crippen LogP contribution in [0.2, 0.25) is 0 Å². The third-order valence-corrected chi connectivity index (χ3v) is 8.01. The van der Waals surface area contributed by atoms with Crippen LogP contribution in [-0.2, 0) is 21.2 Å². The zero-order valence-electron chi connectivity index (χ0n) is 18.7. The van der Waals surface area contributed by atoms with Gasteiger partial charge in [0, 0.05) is 30.8 Å². The molecule has 4 aromatic rings. The number of hydrogen-bond donors (Lipinski definition) is 2. The maximum Gasteiger partial charge on any atom is 0.243 e. The number of aryl methyl sites for hydroxylation is 1. The first kappa shape index (κ1) is 22.3. The van der Waals surface area contributed by atoms with Gasteiger partial charge in [0.25, 0.3) is 0 Å². The Morgan fingerprint density at radius 2 is 1.65 bits per heavy atom. The number of hydrogen-bond acceptors (Lipinski definition) is 4. The van der Waals surface area contributed by atoms with Gasteiger partial charge in [0.1, 0.15) is 5.82 Å². The molecule has 1 fully saturated rings. The molecular formula is C26H26N4O3S. The molecule has 2 N–H and O–H groups in total. The summed E-state index contributed by atoms with van der Waals surface area (Å²) in [5.74, 6) is 0.694. The second kappa shape index (κ2) is 9.40. The van der Waals surface area contributed by atoms with Crippen LogP contribution < -0.4 is 5.32 Å². The third kappa shape index (κ3) is 4.73. The first-order chi connectivity index (χ1) is 16.5. The number of nitrogens with one attached hydrogen (secondary N) is 2. The number of para-hydroxylation sites is 2. The highest BCUT2D eigenvalue weighted by molar-refractivity contribution is 7.89. The molecule has 1 aliphatic heterocycles. The third-order valence-electron chi connectivity index (χ3n) is 6.10. The fourth-order valence-corrected chi connectivity index (χ4v) is 5.71.